The van der Waals surface area contributed by atoms with E-state index in [1.807, 2.05) is 0 Å². The summed E-state index contributed by atoms with van der Waals surface area (Å²) in [7, 11) is 0. The molecule has 0 bridgehead atoms. The van der Waals surface area contributed by atoms with Crippen LogP contribution in [-0.2, 0) is 4.79 Å². The van der Waals surface area contributed by atoms with Gasteiger partial charge in [-0.2, -0.15) is 4.98 Å². The van der Waals surface area contributed by atoms with Crippen LogP contribution in [0.4, 0.5) is 0 Å². The number of carbonyl (C=O) groups is 1. The van der Waals surface area contributed by atoms with Crippen molar-refractivity contribution in [2.45, 2.75) is 50.6 Å². The van der Waals surface area contributed by atoms with E-state index in [-0.39, 0.29) is 28.8 Å². The number of carbonyl (C=O) groups excluding carboxylic acids is 1. The summed E-state index contributed by atoms with van der Waals surface area (Å²) in [6, 6.07) is 0.292. The minimum Gasteiger partial charge on any atom is -0.300 e. The van der Waals surface area contributed by atoms with Crippen LogP contribution in [0.2, 0.25) is 5.28 Å². The molecule has 21 heavy (non-hydrogen) atoms. The van der Waals surface area contributed by atoms with Crippen LogP contribution >= 0.6 is 11.6 Å². The number of rotatable bonds is 2. The fraction of sp³-hybridized carbons (Fsp3) is 0.571. The predicted molar refractivity (Wildman–Crippen MR) is 77.6 cm³/mol. The average molecular weight is 307 g/mol. The van der Waals surface area contributed by atoms with Gasteiger partial charge in [-0.15, -0.1) is 0 Å². The lowest BCUT2D eigenvalue weighted by molar-refractivity contribution is -0.120. The lowest BCUT2D eigenvalue weighted by Gasteiger charge is -2.21. The van der Waals surface area contributed by atoms with E-state index in [0.29, 0.717) is 31.3 Å². The highest BCUT2D eigenvalue weighted by atomic mass is 35.5. The Morgan fingerprint density at radius 3 is 2.38 bits per heavy atom. The fourth-order valence-corrected chi connectivity index (χ4v) is 3.33. The molecule has 2 aromatic rings. The van der Waals surface area contributed by atoms with Gasteiger partial charge in [0.05, 0.1) is 6.20 Å². The Morgan fingerprint density at radius 1 is 1.05 bits per heavy atom. The number of aromatic nitrogens is 4. The van der Waals surface area contributed by atoms with E-state index in [0.717, 1.165) is 18.4 Å². The third kappa shape index (κ3) is 2.09. The molecule has 2 fully saturated rings. The topological polar surface area (TPSA) is 69.8 Å². The monoisotopic (exact) mass is 306 g/mol. The SMILES string of the molecule is O=C1CCC(n2c(=O)n(C3CC3)c3cnc(Cl)nc32)CC1. The Labute approximate surface area is 125 Å². The van der Waals surface area contributed by atoms with Gasteiger partial charge in [0.1, 0.15) is 11.3 Å². The number of Topliss-reactive ketones (excluding diaryl/α,β-unsaturated/α-hetero) is 1. The van der Waals surface area contributed by atoms with Crippen LogP contribution in [0.5, 0.6) is 0 Å². The molecule has 2 aromatic heterocycles. The van der Waals surface area contributed by atoms with Gasteiger partial charge in [0.25, 0.3) is 0 Å². The molecule has 2 saturated carbocycles. The number of fused-ring (bicyclic) bond motifs is 1. The number of hydrogen-bond acceptors (Lipinski definition) is 4. The Morgan fingerprint density at radius 2 is 1.71 bits per heavy atom. The van der Waals surface area contributed by atoms with Crippen molar-refractivity contribution >= 4 is 28.5 Å². The highest BCUT2D eigenvalue weighted by Gasteiger charge is 2.32. The van der Waals surface area contributed by atoms with E-state index in [4.69, 9.17) is 11.6 Å². The summed E-state index contributed by atoms with van der Waals surface area (Å²) in [4.78, 5) is 32.5. The molecule has 2 aliphatic rings. The Bertz CT molecular complexity index is 780. The standard InChI is InChI=1S/C14H15ClN4O2/c15-13-16-7-11-12(17-13)19(9-3-5-10(20)6-4-9)14(21)18(11)8-1-2-8/h7-9H,1-6H2. The Hall–Kier alpha value is -1.69. The lowest BCUT2D eigenvalue weighted by Crippen LogP contribution is -2.29. The van der Waals surface area contributed by atoms with Crippen LogP contribution in [0.25, 0.3) is 11.2 Å². The zero-order valence-corrected chi connectivity index (χ0v) is 12.2. The summed E-state index contributed by atoms with van der Waals surface area (Å²) in [5.41, 5.74) is 1.32. The van der Waals surface area contributed by atoms with Gasteiger partial charge in [0.2, 0.25) is 5.28 Å². The van der Waals surface area contributed by atoms with E-state index in [9.17, 15) is 9.59 Å². The zero-order valence-electron chi connectivity index (χ0n) is 11.5. The first kappa shape index (κ1) is 13.0. The third-order valence-corrected chi connectivity index (χ3v) is 4.59. The van der Waals surface area contributed by atoms with Gasteiger partial charge in [-0.1, -0.05) is 0 Å². The first-order chi connectivity index (χ1) is 10.1. The van der Waals surface area contributed by atoms with Crippen molar-refractivity contribution in [3.05, 3.63) is 22.0 Å². The molecule has 2 aliphatic carbocycles. The van der Waals surface area contributed by atoms with Gasteiger partial charge < -0.3 is 0 Å². The van der Waals surface area contributed by atoms with E-state index in [1.165, 1.54) is 0 Å². The van der Waals surface area contributed by atoms with Crippen molar-refractivity contribution in [2.24, 2.45) is 0 Å². The number of ketones is 1. The van der Waals surface area contributed by atoms with Crippen LogP contribution in [-0.4, -0.2) is 24.9 Å². The van der Waals surface area contributed by atoms with Crippen LogP contribution in [0, 0.1) is 0 Å². The second kappa shape index (κ2) is 4.66. The maximum atomic E-state index is 12.8. The van der Waals surface area contributed by atoms with Crippen LogP contribution < -0.4 is 5.69 Å². The first-order valence-corrected chi connectivity index (χ1v) is 7.69. The fourth-order valence-electron chi connectivity index (χ4n) is 3.20. The Balaban J connectivity index is 1.91. The Kier molecular flexibility index (Phi) is 2.89. The summed E-state index contributed by atoms with van der Waals surface area (Å²) in [5.74, 6) is 0.276. The maximum absolute atomic E-state index is 12.8. The van der Waals surface area contributed by atoms with Crippen molar-refractivity contribution in [1.29, 1.82) is 0 Å². The first-order valence-electron chi connectivity index (χ1n) is 7.32. The quantitative estimate of drug-likeness (QED) is 0.798. The third-order valence-electron chi connectivity index (χ3n) is 4.41. The smallest absolute Gasteiger partial charge is 0.300 e. The molecule has 0 spiro atoms. The molecule has 2 heterocycles. The average Bonchev–Trinajstić information content (AvgIpc) is 3.25. The van der Waals surface area contributed by atoms with Gasteiger partial charge in [0, 0.05) is 24.9 Å². The zero-order chi connectivity index (χ0) is 14.6. The van der Waals surface area contributed by atoms with Gasteiger partial charge in [0.15, 0.2) is 5.65 Å². The normalized spacial score (nSPS) is 20.3. The van der Waals surface area contributed by atoms with Gasteiger partial charge in [-0.25, -0.2) is 9.78 Å². The van der Waals surface area contributed by atoms with Gasteiger partial charge >= 0.3 is 5.69 Å². The number of nitrogens with zero attached hydrogens (tertiary/aromatic N) is 4. The molecule has 6 nitrogen and oxygen atoms in total. The minimum atomic E-state index is -0.0385. The van der Waals surface area contributed by atoms with Crippen LogP contribution in [0.3, 0.4) is 0 Å². The molecule has 0 saturated heterocycles. The van der Waals surface area contributed by atoms with Crippen molar-refractivity contribution in [3.63, 3.8) is 0 Å². The molecular weight excluding hydrogens is 292 g/mol. The summed E-state index contributed by atoms with van der Waals surface area (Å²) < 4.78 is 3.52. The molecule has 0 aromatic carbocycles. The summed E-state index contributed by atoms with van der Waals surface area (Å²) >= 11 is 5.91. The molecule has 7 heteroatoms. The van der Waals surface area contributed by atoms with E-state index in [1.54, 1.807) is 15.3 Å². The van der Waals surface area contributed by atoms with Crippen molar-refractivity contribution < 1.29 is 4.79 Å². The molecule has 0 amide bonds. The second-order valence-corrected chi connectivity index (χ2v) is 6.21. The highest BCUT2D eigenvalue weighted by molar-refractivity contribution is 6.28. The lowest BCUT2D eigenvalue weighted by atomic mass is 9.94. The summed E-state index contributed by atoms with van der Waals surface area (Å²) in [6.45, 7) is 0. The van der Waals surface area contributed by atoms with E-state index < -0.39 is 0 Å². The van der Waals surface area contributed by atoms with Gasteiger partial charge in [-0.05, 0) is 37.3 Å². The van der Waals surface area contributed by atoms with Gasteiger partial charge in [-0.3, -0.25) is 13.9 Å². The molecular formula is C14H15ClN4O2. The number of imidazole rings is 1. The van der Waals surface area contributed by atoms with Crippen LogP contribution in [0.1, 0.15) is 50.6 Å². The molecule has 0 aliphatic heterocycles. The predicted octanol–water partition coefficient (Wildman–Crippen LogP) is 2.27. The summed E-state index contributed by atoms with van der Waals surface area (Å²) in [6.07, 6.45) is 6.14. The van der Waals surface area contributed by atoms with Crippen molar-refractivity contribution in [1.82, 2.24) is 19.1 Å². The number of hydrogen-bond donors (Lipinski definition) is 0. The van der Waals surface area contributed by atoms with Crippen molar-refractivity contribution in [3.8, 4) is 0 Å². The van der Waals surface area contributed by atoms with Crippen molar-refractivity contribution in [2.75, 3.05) is 0 Å². The minimum absolute atomic E-state index is 0.0312. The second-order valence-electron chi connectivity index (χ2n) is 5.87. The molecule has 4 rings (SSSR count). The number of halogens is 1. The largest absolute Gasteiger partial charge is 0.330 e. The van der Waals surface area contributed by atoms with E-state index >= 15 is 0 Å². The molecule has 0 atom stereocenters. The van der Waals surface area contributed by atoms with E-state index in [2.05, 4.69) is 9.97 Å². The molecule has 110 valence electrons. The van der Waals surface area contributed by atoms with Crippen LogP contribution in [0.15, 0.2) is 11.0 Å². The summed E-state index contributed by atoms with van der Waals surface area (Å²) in [5, 5.41) is 0.149. The molecule has 0 radical (unpaired) electrons. The molecule has 0 unspecified atom stereocenters. The highest BCUT2D eigenvalue weighted by Crippen LogP contribution is 2.37. The maximum Gasteiger partial charge on any atom is 0.330 e. The molecule has 0 N–H and O–H groups in total.